The minimum Gasteiger partial charge on any atom is -0.325 e. The highest BCUT2D eigenvalue weighted by Crippen LogP contribution is 2.18. The molecule has 2 aromatic rings. The van der Waals surface area contributed by atoms with Gasteiger partial charge in [-0.25, -0.2) is 9.37 Å². The van der Waals surface area contributed by atoms with Crippen LogP contribution in [0.15, 0.2) is 34.2 Å². The smallest absolute Gasteiger partial charge is 0.256 e. The molecule has 1 amide bonds. The van der Waals surface area contributed by atoms with Crippen LogP contribution >= 0.6 is 11.8 Å². The highest BCUT2D eigenvalue weighted by atomic mass is 32.2. The minimum atomic E-state index is -0.356. The zero-order chi connectivity index (χ0) is 18.5. The van der Waals surface area contributed by atoms with Crippen LogP contribution in [0.4, 0.5) is 10.1 Å². The zero-order valence-corrected chi connectivity index (χ0v) is 15.4. The fraction of sp³-hybridized carbons (Fsp3) is 0.389. The molecular formula is C18H21FN4O2S. The van der Waals surface area contributed by atoms with Gasteiger partial charge in [0.1, 0.15) is 5.82 Å². The summed E-state index contributed by atoms with van der Waals surface area (Å²) in [5, 5.41) is 3.13. The van der Waals surface area contributed by atoms with Crippen LogP contribution < -0.4 is 10.9 Å². The van der Waals surface area contributed by atoms with E-state index in [1.54, 1.807) is 0 Å². The standard InChI is InChI=1S/C18H21FN4O2S/c1-2-8-23-9-7-15-14(10-23)17(25)22-18(21-15)26-11-16(24)20-13-5-3-12(19)4-6-13/h3-6H,2,7-11H2,1H3,(H,20,24)(H,21,22,25). The molecule has 1 aliphatic heterocycles. The van der Waals surface area contributed by atoms with Gasteiger partial charge < -0.3 is 10.3 Å². The maximum absolute atomic E-state index is 12.9. The number of thioether (sulfide) groups is 1. The van der Waals surface area contributed by atoms with E-state index >= 15 is 0 Å². The molecule has 1 aromatic carbocycles. The fourth-order valence-corrected chi connectivity index (χ4v) is 3.58. The van der Waals surface area contributed by atoms with Crippen LogP contribution in [-0.2, 0) is 17.8 Å². The average molecular weight is 376 g/mol. The summed E-state index contributed by atoms with van der Waals surface area (Å²) < 4.78 is 12.9. The Morgan fingerprint density at radius 3 is 2.88 bits per heavy atom. The minimum absolute atomic E-state index is 0.112. The second kappa shape index (κ2) is 8.46. The van der Waals surface area contributed by atoms with Gasteiger partial charge in [0.25, 0.3) is 5.56 Å². The van der Waals surface area contributed by atoms with Crippen LogP contribution in [0.2, 0.25) is 0 Å². The van der Waals surface area contributed by atoms with Gasteiger partial charge in [-0.1, -0.05) is 18.7 Å². The molecule has 6 nitrogen and oxygen atoms in total. The first-order valence-corrected chi connectivity index (χ1v) is 9.56. The van der Waals surface area contributed by atoms with Crippen LogP contribution in [0.5, 0.6) is 0 Å². The summed E-state index contributed by atoms with van der Waals surface area (Å²) in [5.41, 5.74) is 1.95. The Bertz CT molecular complexity index is 838. The van der Waals surface area contributed by atoms with Crippen LogP contribution in [0.1, 0.15) is 24.6 Å². The van der Waals surface area contributed by atoms with E-state index in [0.717, 1.165) is 37.2 Å². The molecule has 2 heterocycles. The second-order valence-electron chi connectivity index (χ2n) is 6.17. The number of amides is 1. The van der Waals surface area contributed by atoms with E-state index in [9.17, 15) is 14.0 Å². The molecule has 0 bridgehead atoms. The number of rotatable bonds is 6. The molecule has 0 spiro atoms. The Morgan fingerprint density at radius 2 is 2.15 bits per heavy atom. The number of aromatic nitrogens is 2. The lowest BCUT2D eigenvalue weighted by Crippen LogP contribution is -2.36. The first-order chi connectivity index (χ1) is 12.5. The Morgan fingerprint density at radius 1 is 1.38 bits per heavy atom. The van der Waals surface area contributed by atoms with Gasteiger partial charge in [0.2, 0.25) is 5.91 Å². The van der Waals surface area contributed by atoms with E-state index in [0.29, 0.717) is 17.4 Å². The molecule has 0 radical (unpaired) electrons. The average Bonchev–Trinajstić information content (AvgIpc) is 2.63. The molecule has 0 saturated carbocycles. The summed E-state index contributed by atoms with van der Waals surface area (Å²) in [6.45, 7) is 4.61. The Kier molecular flexibility index (Phi) is 6.05. The molecule has 0 unspecified atom stereocenters. The number of nitrogens with one attached hydrogen (secondary N) is 2. The predicted octanol–water partition coefficient (Wildman–Crippen LogP) is 2.41. The molecule has 1 aliphatic rings. The summed E-state index contributed by atoms with van der Waals surface area (Å²) in [4.78, 5) is 33.9. The molecule has 138 valence electrons. The summed E-state index contributed by atoms with van der Waals surface area (Å²) in [6.07, 6.45) is 1.80. The lowest BCUT2D eigenvalue weighted by Gasteiger charge is -2.27. The molecule has 0 aliphatic carbocycles. The third-order valence-corrected chi connectivity index (χ3v) is 5.01. The van der Waals surface area contributed by atoms with Crippen molar-refractivity contribution in [2.75, 3.05) is 24.2 Å². The van der Waals surface area contributed by atoms with Crippen molar-refractivity contribution in [3.8, 4) is 0 Å². The van der Waals surface area contributed by atoms with Crippen molar-refractivity contribution in [2.24, 2.45) is 0 Å². The van der Waals surface area contributed by atoms with Gasteiger partial charge in [-0.15, -0.1) is 0 Å². The third-order valence-electron chi connectivity index (χ3n) is 4.13. The van der Waals surface area contributed by atoms with E-state index < -0.39 is 0 Å². The summed E-state index contributed by atoms with van der Waals surface area (Å²) in [6, 6.07) is 5.57. The van der Waals surface area contributed by atoms with Crippen LogP contribution in [0, 0.1) is 5.82 Å². The number of hydrogen-bond donors (Lipinski definition) is 2. The first-order valence-electron chi connectivity index (χ1n) is 8.58. The van der Waals surface area contributed by atoms with Crippen LogP contribution in [-0.4, -0.2) is 39.6 Å². The molecule has 1 aromatic heterocycles. The van der Waals surface area contributed by atoms with Gasteiger partial charge in [0.05, 0.1) is 17.0 Å². The zero-order valence-electron chi connectivity index (χ0n) is 14.5. The maximum atomic E-state index is 12.9. The first kappa shape index (κ1) is 18.6. The lowest BCUT2D eigenvalue weighted by atomic mass is 10.1. The number of halogens is 1. The number of benzene rings is 1. The number of carbonyl (C=O) groups excluding carboxylic acids is 1. The quantitative estimate of drug-likeness (QED) is 0.598. The number of nitrogens with zero attached hydrogens (tertiary/aromatic N) is 2. The summed E-state index contributed by atoms with van der Waals surface area (Å²) in [7, 11) is 0. The van der Waals surface area contributed by atoms with Gasteiger partial charge in [0, 0.05) is 25.2 Å². The SMILES string of the molecule is CCCN1CCc2nc(SCC(=O)Nc3ccc(F)cc3)[nH]c(=O)c2C1. The van der Waals surface area contributed by atoms with Crippen molar-refractivity contribution in [1.29, 1.82) is 0 Å². The van der Waals surface area contributed by atoms with Crippen molar-refractivity contribution < 1.29 is 9.18 Å². The van der Waals surface area contributed by atoms with Gasteiger partial charge in [-0.05, 0) is 37.2 Å². The van der Waals surface area contributed by atoms with Crippen molar-refractivity contribution in [3.05, 3.63) is 51.7 Å². The van der Waals surface area contributed by atoms with E-state index in [4.69, 9.17) is 0 Å². The van der Waals surface area contributed by atoms with E-state index in [1.165, 1.54) is 36.0 Å². The second-order valence-corrected chi connectivity index (χ2v) is 7.13. The largest absolute Gasteiger partial charge is 0.325 e. The van der Waals surface area contributed by atoms with E-state index in [1.807, 2.05) is 0 Å². The molecule has 2 N–H and O–H groups in total. The maximum Gasteiger partial charge on any atom is 0.256 e. The molecule has 8 heteroatoms. The topological polar surface area (TPSA) is 78.1 Å². The molecule has 26 heavy (non-hydrogen) atoms. The number of H-pyrrole nitrogens is 1. The number of anilines is 1. The van der Waals surface area contributed by atoms with E-state index in [-0.39, 0.29) is 23.0 Å². The predicted molar refractivity (Wildman–Crippen MR) is 99.9 cm³/mol. The van der Waals surface area contributed by atoms with Crippen LogP contribution in [0.25, 0.3) is 0 Å². The summed E-state index contributed by atoms with van der Waals surface area (Å²) >= 11 is 1.18. The third kappa shape index (κ3) is 4.70. The Balaban J connectivity index is 1.60. The lowest BCUT2D eigenvalue weighted by molar-refractivity contribution is -0.113. The Hall–Kier alpha value is -2.19. The van der Waals surface area contributed by atoms with Crippen molar-refractivity contribution in [3.63, 3.8) is 0 Å². The number of hydrogen-bond acceptors (Lipinski definition) is 5. The molecular weight excluding hydrogens is 355 g/mol. The number of aromatic amines is 1. The van der Waals surface area contributed by atoms with Crippen molar-refractivity contribution >= 4 is 23.4 Å². The molecule has 0 atom stereocenters. The molecule has 0 fully saturated rings. The van der Waals surface area contributed by atoms with Crippen molar-refractivity contribution in [1.82, 2.24) is 14.9 Å². The van der Waals surface area contributed by atoms with Gasteiger partial charge in [0.15, 0.2) is 5.16 Å². The highest BCUT2D eigenvalue weighted by molar-refractivity contribution is 7.99. The van der Waals surface area contributed by atoms with E-state index in [2.05, 4.69) is 27.1 Å². The van der Waals surface area contributed by atoms with Gasteiger partial charge >= 0.3 is 0 Å². The number of carbonyl (C=O) groups is 1. The van der Waals surface area contributed by atoms with Crippen molar-refractivity contribution in [2.45, 2.75) is 31.5 Å². The highest BCUT2D eigenvalue weighted by Gasteiger charge is 2.20. The molecule has 3 rings (SSSR count). The fourth-order valence-electron chi connectivity index (χ4n) is 2.90. The summed E-state index contributed by atoms with van der Waals surface area (Å²) in [5.74, 6) is -0.483. The molecule has 0 saturated heterocycles. The van der Waals surface area contributed by atoms with Crippen LogP contribution in [0.3, 0.4) is 0 Å². The normalized spacial score (nSPS) is 14.1. The number of fused-ring (bicyclic) bond motifs is 1. The Labute approximate surface area is 155 Å². The van der Waals surface area contributed by atoms with Gasteiger partial charge in [-0.2, -0.15) is 0 Å². The monoisotopic (exact) mass is 376 g/mol. The van der Waals surface area contributed by atoms with Gasteiger partial charge in [-0.3, -0.25) is 14.5 Å².